The van der Waals surface area contributed by atoms with Crippen molar-refractivity contribution >= 4 is 39.1 Å². The van der Waals surface area contributed by atoms with Gasteiger partial charge in [-0.05, 0) is 33.6 Å². The molecule has 0 fully saturated rings. The van der Waals surface area contributed by atoms with Crippen molar-refractivity contribution in [3.63, 3.8) is 0 Å². The molecule has 18 heavy (non-hydrogen) atoms. The molecule has 0 atom stereocenters. The van der Waals surface area contributed by atoms with Crippen molar-refractivity contribution in [1.82, 2.24) is 9.78 Å². The highest BCUT2D eigenvalue weighted by atomic mass is 79.9. The van der Waals surface area contributed by atoms with Crippen LogP contribution in [0.25, 0.3) is 0 Å². The van der Waals surface area contributed by atoms with E-state index in [-0.39, 0.29) is 5.88 Å². The fourth-order valence-corrected chi connectivity index (χ4v) is 1.92. The second-order valence-corrected chi connectivity index (χ2v) is 4.95. The van der Waals surface area contributed by atoms with E-state index in [0.717, 1.165) is 15.7 Å². The molecule has 0 aliphatic carbocycles. The molecule has 2 N–H and O–H groups in total. The highest BCUT2D eigenvalue weighted by Gasteiger charge is 1.99. The average Bonchev–Trinajstić information content (AvgIpc) is 2.75. The van der Waals surface area contributed by atoms with Gasteiger partial charge in [0.25, 0.3) is 0 Å². The molecule has 0 aliphatic heterocycles. The van der Waals surface area contributed by atoms with Gasteiger partial charge in [-0.1, -0.05) is 12.1 Å². The van der Waals surface area contributed by atoms with Crippen LogP contribution in [0.5, 0.6) is 0 Å². The van der Waals surface area contributed by atoms with E-state index in [1.807, 2.05) is 35.1 Å². The molecule has 1 heterocycles. The number of hydrogen-bond acceptors (Lipinski definition) is 2. The topological polar surface area (TPSA) is 56.2 Å². The van der Waals surface area contributed by atoms with Crippen LogP contribution in [0.15, 0.2) is 46.1 Å². The number of hydrogen-bond donors (Lipinski definition) is 1. The number of amidine groups is 1. The number of halogens is 2. The lowest BCUT2D eigenvalue weighted by Gasteiger charge is -2.03. The molecule has 0 aliphatic rings. The van der Waals surface area contributed by atoms with Gasteiger partial charge in [-0.15, -0.1) is 11.6 Å². The van der Waals surface area contributed by atoms with Gasteiger partial charge in [0.15, 0.2) is 0 Å². The lowest BCUT2D eigenvalue weighted by molar-refractivity contribution is 0.687. The Kier molecular flexibility index (Phi) is 4.38. The summed E-state index contributed by atoms with van der Waals surface area (Å²) < 4.78 is 2.81. The first kappa shape index (κ1) is 13.1. The molecule has 94 valence electrons. The molecular weight excluding hydrogens is 316 g/mol. The highest BCUT2D eigenvalue weighted by molar-refractivity contribution is 9.10. The van der Waals surface area contributed by atoms with Crippen molar-refractivity contribution in [1.29, 1.82) is 0 Å². The maximum absolute atomic E-state index is 5.61. The van der Waals surface area contributed by atoms with Crippen LogP contribution < -0.4 is 5.73 Å². The summed E-state index contributed by atoms with van der Waals surface area (Å²) in [6.45, 7) is 0.690. The van der Waals surface area contributed by atoms with Crippen molar-refractivity contribution in [3.05, 3.63) is 46.7 Å². The minimum Gasteiger partial charge on any atom is -0.386 e. The van der Waals surface area contributed by atoms with Gasteiger partial charge < -0.3 is 5.73 Å². The Morgan fingerprint density at radius 2 is 2.33 bits per heavy atom. The molecule has 6 heteroatoms. The molecule has 1 aromatic carbocycles. The van der Waals surface area contributed by atoms with E-state index in [4.69, 9.17) is 17.3 Å². The average molecular weight is 328 g/mol. The van der Waals surface area contributed by atoms with Gasteiger partial charge in [0.1, 0.15) is 5.84 Å². The van der Waals surface area contributed by atoms with E-state index in [9.17, 15) is 0 Å². The quantitative estimate of drug-likeness (QED) is 0.533. The Morgan fingerprint density at radius 1 is 1.50 bits per heavy atom. The zero-order valence-electron chi connectivity index (χ0n) is 9.55. The standard InChI is InChI=1S/C12H12BrClN4/c13-10-6-16-18(8-10)7-9-2-1-3-11(4-9)17-12(15)5-14/h1-4,6,8H,5,7H2,(H2,15,17). The second kappa shape index (κ2) is 6.02. The SMILES string of the molecule is NC(CCl)=Nc1cccc(Cn2cc(Br)cn2)c1. The number of aromatic nitrogens is 2. The monoisotopic (exact) mass is 326 g/mol. The van der Waals surface area contributed by atoms with Gasteiger partial charge in [0, 0.05) is 6.20 Å². The van der Waals surface area contributed by atoms with E-state index in [1.54, 1.807) is 6.20 Å². The Balaban J connectivity index is 2.17. The Bertz CT molecular complexity index is 565. The Hall–Kier alpha value is -1.33. The summed E-state index contributed by atoms with van der Waals surface area (Å²) in [4.78, 5) is 4.21. The lowest BCUT2D eigenvalue weighted by atomic mass is 10.2. The predicted octanol–water partition coefficient (Wildman–Crippen LogP) is 2.92. The molecule has 2 rings (SSSR count). The molecule has 0 saturated carbocycles. The van der Waals surface area contributed by atoms with E-state index in [0.29, 0.717) is 12.4 Å². The normalized spacial score (nSPS) is 11.8. The van der Waals surface area contributed by atoms with Gasteiger partial charge >= 0.3 is 0 Å². The summed E-state index contributed by atoms with van der Waals surface area (Å²) in [6, 6.07) is 7.82. The molecule has 0 unspecified atom stereocenters. The number of nitrogens with zero attached hydrogens (tertiary/aromatic N) is 3. The van der Waals surface area contributed by atoms with Crippen LogP contribution in [-0.4, -0.2) is 21.5 Å². The predicted molar refractivity (Wildman–Crippen MR) is 77.5 cm³/mol. The van der Waals surface area contributed by atoms with Crippen molar-refractivity contribution in [2.75, 3.05) is 5.88 Å². The maximum atomic E-state index is 5.61. The van der Waals surface area contributed by atoms with E-state index >= 15 is 0 Å². The third-order valence-electron chi connectivity index (χ3n) is 2.27. The Labute approximate surface area is 119 Å². The first-order valence-corrected chi connectivity index (χ1v) is 6.66. The van der Waals surface area contributed by atoms with Gasteiger partial charge in [0.05, 0.1) is 28.8 Å². The van der Waals surface area contributed by atoms with Crippen molar-refractivity contribution in [2.45, 2.75) is 6.54 Å². The molecule has 4 nitrogen and oxygen atoms in total. The largest absolute Gasteiger partial charge is 0.386 e. The van der Waals surface area contributed by atoms with Crippen LogP contribution in [0.2, 0.25) is 0 Å². The van der Waals surface area contributed by atoms with Crippen molar-refractivity contribution < 1.29 is 0 Å². The molecule has 2 aromatic rings. The molecular formula is C12H12BrClN4. The molecule has 0 radical (unpaired) electrons. The number of benzene rings is 1. The molecule has 0 amide bonds. The molecule has 1 aromatic heterocycles. The first-order valence-electron chi connectivity index (χ1n) is 5.33. The lowest BCUT2D eigenvalue weighted by Crippen LogP contribution is -2.12. The summed E-state index contributed by atoms with van der Waals surface area (Å²) in [5, 5.41) is 4.21. The zero-order chi connectivity index (χ0) is 13.0. The first-order chi connectivity index (χ1) is 8.67. The number of rotatable bonds is 4. The van der Waals surface area contributed by atoms with Gasteiger partial charge in [-0.2, -0.15) is 5.10 Å². The summed E-state index contributed by atoms with van der Waals surface area (Å²) >= 11 is 8.96. The fourth-order valence-electron chi connectivity index (χ4n) is 1.53. The number of alkyl halides is 1. The number of nitrogens with two attached hydrogens (primary N) is 1. The Morgan fingerprint density at radius 3 is 3.00 bits per heavy atom. The van der Waals surface area contributed by atoms with Crippen LogP contribution in [0.1, 0.15) is 5.56 Å². The van der Waals surface area contributed by atoms with Crippen LogP contribution in [0, 0.1) is 0 Å². The van der Waals surface area contributed by atoms with Crippen LogP contribution in [-0.2, 0) is 6.54 Å². The van der Waals surface area contributed by atoms with Crippen LogP contribution in [0.4, 0.5) is 5.69 Å². The summed E-state index contributed by atoms with van der Waals surface area (Å²) in [7, 11) is 0. The van der Waals surface area contributed by atoms with Crippen molar-refractivity contribution in [2.24, 2.45) is 10.7 Å². The third kappa shape index (κ3) is 3.58. The second-order valence-electron chi connectivity index (χ2n) is 3.76. The molecule has 0 bridgehead atoms. The number of aliphatic imine (C=N–C) groups is 1. The smallest absolute Gasteiger partial charge is 0.115 e. The fraction of sp³-hybridized carbons (Fsp3) is 0.167. The maximum Gasteiger partial charge on any atom is 0.115 e. The summed E-state index contributed by atoms with van der Waals surface area (Å²) in [6.07, 6.45) is 3.68. The van der Waals surface area contributed by atoms with Gasteiger partial charge in [-0.25, -0.2) is 4.99 Å². The zero-order valence-corrected chi connectivity index (χ0v) is 11.9. The highest BCUT2D eigenvalue weighted by Crippen LogP contribution is 2.16. The minimum atomic E-state index is 0.232. The van der Waals surface area contributed by atoms with Gasteiger partial charge in [-0.3, -0.25) is 4.68 Å². The summed E-state index contributed by atoms with van der Waals surface area (Å²) in [5.41, 5.74) is 7.51. The molecule has 0 saturated heterocycles. The summed E-state index contributed by atoms with van der Waals surface area (Å²) in [5.74, 6) is 0.645. The van der Waals surface area contributed by atoms with Crippen molar-refractivity contribution in [3.8, 4) is 0 Å². The van der Waals surface area contributed by atoms with E-state index in [1.165, 1.54) is 0 Å². The van der Waals surface area contributed by atoms with E-state index < -0.39 is 0 Å². The third-order valence-corrected chi connectivity index (χ3v) is 2.95. The molecule has 0 spiro atoms. The minimum absolute atomic E-state index is 0.232. The van der Waals surface area contributed by atoms with Crippen LogP contribution >= 0.6 is 27.5 Å². The van der Waals surface area contributed by atoms with Crippen LogP contribution in [0.3, 0.4) is 0 Å². The van der Waals surface area contributed by atoms with E-state index in [2.05, 4.69) is 26.0 Å². The van der Waals surface area contributed by atoms with Gasteiger partial charge in [0.2, 0.25) is 0 Å².